The van der Waals surface area contributed by atoms with Crippen LogP contribution in [0.2, 0.25) is 0 Å². The molecule has 1 heterocycles. The smallest absolute Gasteiger partial charge is 0.0576 e. The summed E-state index contributed by atoms with van der Waals surface area (Å²) in [6.45, 7) is 0.931. The van der Waals surface area contributed by atoms with E-state index in [4.69, 9.17) is 10.5 Å². The minimum Gasteiger partial charge on any atom is -0.378 e. The topological polar surface area (TPSA) is 35.2 Å². The van der Waals surface area contributed by atoms with Crippen LogP contribution in [-0.4, -0.2) is 12.7 Å². The maximum atomic E-state index is 6.50. The van der Waals surface area contributed by atoms with Gasteiger partial charge in [-0.25, -0.2) is 0 Å². The third-order valence-corrected chi connectivity index (χ3v) is 5.13. The largest absolute Gasteiger partial charge is 0.378 e. The van der Waals surface area contributed by atoms with Crippen molar-refractivity contribution < 1.29 is 4.74 Å². The summed E-state index contributed by atoms with van der Waals surface area (Å²) in [5, 5.41) is 2.85. The molecule has 110 valence electrons. The van der Waals surface area contributed by atoms with Gasteiger partial charge in [0, 0.05) is 12.6 Å². The fourth-order valence-corrected chi connectivity index (χ4v) is 3.99. The first-order chi connectivity index (χ1) is 10.3. The molecule has 1 saturated heterocycles. The lowest BCUT2D eigenvalue weighted by Crippen LogP contribution is -2.15. The quantitative estimate of drug-likeness (QED) is 0.922. The first-order valence-electron chi connectivity index (χ1n) is 8.23. The molecule has 1 fully saturated rings. The van der Waals surface area contributed by atoms with Crippen LogP contribution in [0.4, 0.5) is 0 Å². The van der Waals surface area contributed by atoms with E-state index in [9.17, 15) is 0 Å². The zero-order valence-electron chi connectivity index (χ0n) is 12.5. The van der Waals surface area contributed by atoms with Gasteiger partial charge >= 0.3 is 0 Å². The van der Waals surface area contributed by atoms with E-state index in [-0.39, 0.29) is 6.04 Å². The second-order valence-electron chi connectivity index (χ2n) is 6.47. The van der Waals surface area contributed by atoms with Gasteiger partial charge < -0.3 is 10.5 Å². The van der Waals surface area contributed by atoms with Gasteiger partial charge in [0.05, 0.1) is 6.10 Å². The number of nitrogens with two attached hydrogens (primary N) is 1. The first-order valence-corrected chi connectivity index (χ1v) is 8.23. The SMILES string of the molecule is NC(CCC1CCCO1)c1ccc2c3c(cccc13)CC2. The van der Waals surface area contributed by atoms with E-state index in [2.05, 4.69) is 30.3 Å². The number of rotatable bonds is 4. The molecule has 0 saturated carbocycles. The van der Waals surface area contributed by atoms with Crippen LogP contribution in [0.25, 0.3) is 10.8 Å². The number of ether oxygens (including phenoxy) is 1. The molecule has 2 aliphatic rings. The first kappa shape index (κ1) is 13.3. The highest BCUT2D eigenvalue weighted by Crippen LogP contribution is 2.35. The van der Waals surface area contributed by atoms with Crippen molar-refractivity contribution in [3.63, 3.8) is 0 Å². The summed E-state index contributed by atoms with van der Waals surface area (Å²) in [6.07, 6.45) is 7.32. The lowest BCUT2D eigenvalue weighted by atomic mass is 9.93. The maximum absolute atomic E-state index is 6.50. The van der Waals surface area contributed by atoms with E-state index in [0.29, 0.717) is 6.10 Å². The van der Waals surface area contributed by atoms with Crippen LogP contribution in [0.5, 0.6) is 0 Å². The third-order valence-electron chi connectivity index (χ3n) is 5.13. The van der Waals surface area contributed by atoms with Crippen molar-refractivity contribution in [3.05, 3.63) is 47.0 Å². The maximum Gasteiger partial charge on any atom is 0.0576 e. The summed E-state index contributed by atoms with van der Waals surface area (Å²) in [4.78, 5) is 0. The van der Waals surface area contributed by atoms with Gasteiger partial charge in [0.2, 0.25) is 0 Å². The van der Waals surface area contributed by atoms with Crippen molar-refractivity contribution in [1.82, 2.24) is 0 Å². The van der Waals surface area contributed by atoms with Crippen LogP contribution in [0.15, 0.2) is 30.3 Å². The normalized spacial score (nSPS) is 22.0. The van der Waals surface area contributed by atoms with Gasteiger partial charge in [-0.05, 0) is 66.0 Å². The van der Waals surface area contributed by atoms with Crippen LogP contribution >= 0.6 is 0 Å². The van der Waals surface area contributed by atoms with Crippen molar-refractivity contribution in [3.8, 4) is 0 Å². The van der Waals surface area contributed by atoms with Crippen molar-refractivity contribution in [1.29, 1.82) is 0 Å². The van der Waals surface area contributed by atoms with Crippen LogP contribution < -0.4 is 5.73 Å². The number of benzene rings is 2. The molecule has 0 spiro atoms. The van der Waals surface area contributed by atoms with Crippen molar-refractivity contribution in [2.24, 2.45) is 5.73 Å². The fourth-order valence-electron chi connectivity index (χ4n) is 3.99. The number of hydrogen-bond acceptors (Lipinski definition) is 2. The molecule has 2 nitrogen and oxygen atoms in total. The van der Waals surface area contributed by atoms with Crippen LogP contribution in [0.3, 0.4) is 0 Å². The molecule has 2 aromatic carbocycles. The molecule has 2 aromatic rings. The highest BCUT2D eigenvalue weighted by atomic mass is 16.5. The van der Waals surface area contributed by atoms with E-state index in [1.807, 2.05) is 0 Å². The van der Waals surface area contributed by atoms with Crippen molar-refractivity contribution in [2.75, 3.05) is 6.61 Å². The molecule has 2 N–H and O–H groups in total. The van der Waals surface area contributed by atoms with Crippen LogP contribution in [0, 0.1) is 0 Å². The van der Waals surface area contributed by atoms with Gasteiger partial charge in [-0.2, -0.15) is 0 Å². The molecular formula is C19H23NO. The Morgan fingerprint density at radius 1 is 1.14 bits per heavy atom. The Morgan fingerprint density at radius 3 is 2.81 bits per heavy atom. The minimum absolute atomic E-state index is 0.124. The van der Waals surface area contributed by atoms with E-state index in [1.165, 1.54) is 53.1 Å². The molecule has 0 bridgehead atoms. The molecular weight excluding hydrogens is 258 g/mol. The minimum atomic E-state index is 0.124. The van der Waals surface area contributed by atoms with Gasteiger partial charge in [0.1, 0.15) is 0 Å². The lowest BCUT2D eigenvalue weighted by molar-refractivity contribution is 0.101. The Labute approximate surface area is 126 Å². The summed E-state index contributed by atoms with van der Waals surface area (Å²) in [5.74, 6) is 0. The summed E-state index contributed by atoms with van der Waals surface area (Å²) < 4.78 is 5.72. The van der Waals surface area contributed by atoms with E-state index in [1.54, 1.807) is 0 Å². The average molecular weight is 281 g/mol. The van der Waals surface area contributed by atoms with E-state index < -0.39 is 0 Å². The monoisotopic (exact) mass is 281 g/mol. The summed E-state index contributed by atoms with van der Waals surface area (Å²) in [5.41, 5.74) is 10.8. The summed E-state index contributed by atoms with van der Waals surface area (Å²) >= 11 is 0. The molecule has 1 aliphatic carbocycles. The molecule has 0 radical (unpaired) electrons. The Balaban J connectivity index is 1.61. The Hall–Kier alpha value is -1.38. The molecule has 2 heteroatoms. The molecule has 2 unspecified atom stereocenters. The molecule has 1 aliphatic heterocycles. The van der Waals surface area contributed by atoms with E-state index in [0.717, 1.165) is 19.4 Å². The van der Waals surface area contributed by atoms with E-state index >= 15 is 0 Å². The lowest BCUT2D eigenvalue weighted by Gasteiger charge is -2.18. The highest BCUT2D eigenvalue weighted by molar-refractivity contribution is 5.93. The predicted octanol–water partition coefficient (Wildman–Crippen LogP) is 3.90. The molecule has 21 heavy (non-hydrogen) atoms. The molecule has 4 rings (SSSR count). The Kier molecular flexibility index (Phi) is 3.44. The predicted molar refractivity (Wildman–Crippen MR) is 86.5 cm³/mol. The second-order valence-corrected chi connectivity index (χ2v) is 6.47. The Bertz CT molecular complexity index is 648. The fraction of sp³-hybridized carbons (Fsp3) is 0.474. The van der Waals surface area contributed by atoms with Gasteiger partial charge in [0.25, 0.3) is 0 Å². The van der Waals surface area contributed by atoms with Crippen LogP contribution in [0.1, 0.15) is 48.4 Å². The number of hydrogen-bond donors (Lipinski definition) is 1. The average Bonchev–Trinajstić information content (AvgIpc) is 3.16. The molecule has 0 aromatic heterocycles. The van der Waals surface area contributed by atoms with Crippen molar-refractivity contribution >= 4 is 10.8 Å². The van der Waals surface area contributed by atoms with Gasteiger partial charge in [-0.1, -0.05) is 30.3 Å². The second kappa shape index (κ2) is 5.43. The van der Waals surface area contributed by atoms with Gasteiger partial charge in [-0.3, -0.25) is 0 Å². The molecule has 0 amide bonds. The van der Waals surface area contributed by atoms with Gasteiger partial charge in [0.15, 0.2) is 0 Å². The molecule has 2 atom stereocenters. The summed E-state index contributed by atoms with van der Waals surface area (Å²) in [7, 11) is 0. The highest BCUT2D eigenvalue weighted by Gasteiger charge is 2.20. The van der Waals surface area contributed by atoms with Crippen LogP contribution in [-0.2, 0) is 17.6 Å². The van der Waals surface area contributed by atoms with Gasteiger partial charge in [-0.15, -0.1) is 0 Å². The standard InChI is InChI=1S/C19H23NO/c20-18(11-9-15-4-2-12-21-15)16-10-8-14-7-6-13-3-1-5-17(16)19(13)14/h1,3,5,8,10,15,18H,2,4,6-7,9,11-12,20H2. The zero-order valence-corrected chi connectivity index (χ0v) is 12.5. The Morgan fingerprint density at radius 2 is 2.00 bits per heavy atom. The van der Waals surface area contributed by atoms with Crippen molar-refractivity contribution in [2.45, 2.75) is 50.7 Å². The zero-order chi connectivity index (χ0) is 14.2. The third kappa shape index (κ3) is 2.37. The number of aryl methyl sites for hydroxylation is 2. The summed E-state index contributed by atoms with van der Waals surface area (Å²) in [6, 6.07) is 11.4.